The zero-order valence-electron chi connectivity index (χ0n) is 10.4. The molecule has 1 aromatic carbocycles. The van der Waals surface area contributed by atoms with E-state index in [0.717, 1.165) is 0 Å². The summed E-state index contributed by atoms with van der Waals surface area (Å²) in [5.74, 6) is -0.138. The van der Waals surface area contributed by atoms with Gasteiger partial charge < -0.3 is 10.5 Å². The summed E-state index contributed by atoms with van der Waals surface area (Å²) in [6, 6.07) is 3.47. The lowest BCUT2D eigenvalue weighted by Crippen LogP contribution is -2.42. The van der Waals surface area contributed by atoms with Gasteiger partial charge in [-0.15, -0.1) is 0 Å². The van der Waals surface area contributed by atoms with E-state index in [1.807, 2.05) is 0 Å². The van der Waals surface area contributed by atoms with E-state index in [1.165, 1.54) is 26.2 Å². The number of hydrogen-bond acceptors (Lipinski definition) is 4. The van der Waals surface area contributed by atoms with Crippen LogP contribution in [0.15, 0.2) is 23.1 Å². The Labute approximate surface area is 106 Å². The molecule has 1 atom stereocenters. The quantitative estimate of drug-likeness (QED) is 0.797. The fraction of sp³-hybridized carbons (Fsp3) is 0.364. The molecule has 0 radical (unpaired) electrons. The van der Waals surface area contributed by atoms with E-state index in [2.05, 4.69) is 4.72 Å². The van der Waals surface area contributed by atoms with Crippen LogP contribution in [0, 0.1) is 6.92 Å². The van der Waals surface area contributed by atoms with E-state index in [4.69, 9.17) is 10.5 Å². The third kappa shape index (κ3) is 3.21. The van der Waals surface area contributed by atoms with Gasteiger partial charge in [0.25, 0.3) is 0 Å². The molecule has 7 heteroatoms. The maximum atomic E-state index is 11.9. The SMILES string of the molecule is COc1ccc(S(=O)(=O)N[C@H](C)C(N)=O)cc1C. The molecule has 0 aliphatic rings. The minimum atomic E-state index is -3.76. The van der Waals surface area contributed by atoms with Crippen LogP contribution in [0.25, 0.3) is 0 Å². The fourth-order valence-electron chi connectivity index (χ4n) is 1.38. The molecule has 0 aliphatic heterocycles. The van der Waals surface area contributed by atoms with Crippen molar-refractivity contribution in [3.05, 3.63) is 23.8 Å². The molecule has 0 aliphatic carbocycles. The lowest BCUT2D eigenvalue weighted by Gasteiger charge is -2.12. The standard InChI is InChI=1S/C11H16N2O4S/c1-7-6-9(4-5-10(7)17-3)18(15,16)13-8(2)11(12)14/h4-6,8,13H,1-3H3,(H2,12,14)/t8-/m1/s1. The van der Waals surface area contributed by atoms with Crippen LogP contribution in [0.3, 0.4) is 0 Å². The largest absolute Gasteiger partial charge is 0.496 e. The Morgan fingerprint density at radius 1 is 1.44 bits per heavy atom. The van der Waals surface area contributed by atoms with Crippen LogP contribution in [0.5, 0.6) is 5.75 Å². The van der Waals surface area contributed by atoms with Crippen LogP contribution in [0.1, 0.15) is 12.5 Å². The second-order valence-corrected chi connectivity index (χ2v) is 5.59. The van der Waals surface area contributed by atoms with Crippen molar-refractivity contribution in [2.45, 2.75) is 24.8 Å². The molecule has 0 fully saturated rings. The minimum Gasteiger partial charge on any atom is -0.496 e. The fourth-order valence-corrected chi connectivity index (χ4v) is 2.67. The maximum absolute atomic E-state index is 11.9. The Hall–Kier alpha value is -1.60. The molecule has 18 heavy (non-hydrogen) atoms. The number of benzene rings is 1. The molecule has 0 aromatic heterocycles. The van der Waals surface area contributed by atoms with Gasteiger partial charge in [0.1, 0.15) is 5.75 Å². The maximum Gasteiger partial charge on any atom is 0.241 e. The highest BCUT2D eigenvalue weighted by atomic mass is 32.2. The summed E-state index contributed by atoms with van der Waals surface area (Å²) in [6.07, 6.45) is 0. The van der Waals surface area contributed by atoms with Crippen LogP contribution in [0.2, 0.25) is 0 Å². The highest BCUT2D eigenvalue weighted by Gasteiger charge is 2.20. The Balaban J connectivity index is 3.06. The minimum absolute atomic E-state index is 0.0638. The third-order valence-electron chi connectivity index (χ3n) is 2.44. The number of carbonyl (C=O) groups excluding carboxylic acids is 1. The number of sulfonamides is 1. The van der Waals surface area contributed by atoms with Gasteiger partial charge in [-0.2, -0.15) is 4.72 Å². The van der Waals surface area contributed by atoms with E-state index in [9.17, 15) is 13.2 Å². The molecule has 3 N–H and O–H groups in total. The van der Waals surface area contributed by atoms with Crippen LogP contribution >= 0.6 is 0 Å². The summed E-state index contributed by atoms with van der Waals surface area (Å²) in [7, 11) is -2.25. The molecule has 0 heterocycles. The highest BCUT2D eigenvalue weighted by molar-refractivity contribution is 7.89. The number of aryl methyl sites for hydroxylation is 1. The molecule has 0 saturated heterocycles. The predicted octanol–water partition coefficient (Wildman–Crippen LogP) is 0.156. The average Bonchev–Trinajstić information content (AvgIpc) is 2.28. The van der Waals surface area contributed by atoms with Crippen molar-refractivity contribution in [2.75, 3.05) is 7.11 Å². The molecule has 0 bridgehead atoms. The number of carbonyl (C=O) groups is 1. The van der Waals surface area contributed by atoms with Gasteiger partial charge in [0.05, 0.1) is 18.0 Å². The molecule has 0 unspecified atom stereocenters. The smallest absolute Gasteiger partial charge is 0.241 e. The first-order chi connectivity index (χ1) is 8.27. The van der Waals surface area contributed by atoms with Crippen molar-refractivity contribution in [3.63, 3.8) is 0 Å². The Bertz CT molecular complexity index is 554. The van der Waals surface area contributed by atoms with Crippen molar-refractivity contribution < 1.29 is 17.9 Å². The van der Waals surface area contributed by atoms with Crippen LogP contribution in [0.4, 0.5) is 0 Å². The topological polar surface area (TPSA) is 98.5 Å². The van der Waals surface area contributed by atoms with E-state index in [1.54, 1.807) is 13.0 Å². The average molecular weight is 272 g/mol. The number of nitrogens with one attached hydrogen (secondary N) is 1. The molecule has 1 amide bonds. The number of ether oxygens (including phenoxy) is 1. The molecular formula is C11H16N2O4S. The monoisotopic (exact) mass is 272 g/mol. The zero-order valence-corrected chi connectivity index (χ0v) is 11.2. The van der Waals surface area contributed by atoms with E-state index in [0.29, 0.717) is 11.3 Å². The normalized spacial score (nSPS) is 13.1. The lowest BCUT2D eigenvalue weighted by atomic mass is 10.2. The lowest BCUT2D eigenvalue weighted by molar-refractivity contribution is -0.119. The van der Waals surface area contributed by atoms with E-state index >= 15 is 0 Å². The second kappa shape index (κ2) is 5.36. The van der Waals surface area contributed by atoms with Crippen molar-refractivity contribution in [1.29, 1.82) is 0 Å². The molecular weight excluding hydrogens is 256 g/mol. The van der Waals surface area contributed by atoms with Gasteiger partial charge in [0, 0.05) is 0 Å². The molecule has 1 aromatic rings. The summed E-state index contributed by atoms with van der Waals surface area (Å²) in [5.41, 5.74) is 5.70. The number of rotatable bonds is 5. The van der Waals surface area contributed by atoms with E-state index in [-0.39, 0.29) is 4.90 Å². The zero-order chi connectivity index (χ0) is 13.9. The van der Waals surface area contributed by atoms with Gasteiger partial charge in [-0.25, -0.2) is 8.42 Å². The van der Waals surface area contributed by atoms with Crippen molar-refractivity contribution in [2.24, 2.45) is 5.73 Å². The van der Waals surface area contributed by atoms with Gasteiger partial charge in [0.15, 0.2) is 0 Å². The molecule has 0 spiro atoms. The second-order valence-electron chi connectivity index (χ2n) is 3.88. The Kier molecular flexibility index (Phi) is 4.31. The summed E-state index contributed by atoms with van der Waals surface area (Å²) in [5, 5.41) is 0. The Morgan fingerprint density at radius 3 is 2.50 bits per heavy atom. The number of amides is 1. The number of methoxy groups -OCH3 is 1. The molecule has 6 nitrogen and oxygen atoms in total. The van der Waals surface area contributed by atoms with Gasteiger partial charge in [-0.05, 0) is 37.6 Å². The number of hydrogen-bond donors (Lipinski definition) is 2. The summed E-state index contributed by atoms with van der Waals surface area (Å²) in [4.78, 5) is 10.9. The van der Waals surface area contributed by atoms with Crippen LogP contribution in [-0.4, -0.2) is 27.5 Å². The van der Waals surface area contributed by atoms with Crippen LogP contribution in [-0.2, 0) is 14.8 Å². The molecule has 1 rings (SSSR count). The van der Waals surface area contributed by atoms with Crippen molar-refractivity contribution in [3.8, 4) is 5.75 Å². The first kappa shape index (κ1) is 14.5. The van der Waals surface area contributed by atoms with Gasteiger partial charge in [-0.3, -0.25) is 4.79 Å². The third-order valence-corrected chi connectivity index (χ3v) is 3.97. The predicted molar refractivity (Wildman–Crippen MR) is 66.7 cm³/mol. The molecule has 100 valence electrons. The molecule has 0 saturated carbocycles. The van der Waals surface area contributed by atoms with Gasteiger partial charge in [0.2, 0.25) is 15.9 Å². The van der Waals surface area contributed by atoms with E-state index < -0.39 is 22.0 Å². The number of primary amides is 1. The van der Waals surface area contributed by atoms with Crippen molar-refractivity contribution >= 4 is 15.9 Å². The summed E-state index contributed by atoms with van der Waals surface area (Å²) >= 11 is 0. The summed E-state index contributed by atoms with van der Waals surface area (Å²) < 4.78 is 31.1. The van der Waals surface area contributed by atoms with Gasteiger partial charge >= 0.3 is 0 Å². The highest BCUT2D eigenvalue weighted by Crippen LogP contribution is 2.21. The summed E-state index contributed by atoms with van der Waals surface area (Å²) in [6.45, 7) is 3.12. The first-order valence-corrected chi connectivity index (χ1v) is 6.72. The van der Waals surface area contributed by atoms with Gasteiger partial charge in [-0.1, -0.05) is 0 Å². The van der Waals surface area contributed by atoms with Crippen molar-refractivity contribution in [1.82, 2.24) is 4.72 Å². The first-order valence-electron chi connectivity index (χ1n) is 5.24. The number of nitrogens with two attached hydrogens (primary N) is 1. The van der Waals surface area contributed by atoms with Crippen LogP contribution < -0.4 is 15.2 Å². The Morgan fingerprint density at radius 2 is 2.06 bits per heavy atom.